The maximum atomic E-state index is 5.59. The second kappa shape index (κ2) is 11.7. The number of rotatable bonds is 8. The number of hydrogen-bond donors (Lipinski definition) is 2. The summed E-state index contributed by atoms with van der Waals surface area (Å²) >= 11 is 0. The molecule has 1 aliphatic carbocycles. The van der Waals surface area contributed by atoms with Crippen LogP contribution in [0.25, 0.3) is 0 Å². The van der Waals surface area contributed by atoms with Gasteiger partial charge in [0, 0.05) is 33.4 Å². The van der Waals surface area contributed by atoms with E-state index in [-0.39, 0.29) is 24.0 Å². The molecule has 1 saturated carbocycles. The van der Waals surface area contributed by atoms with Crippen molar-refractivity contribution in [3.05, 3.63) is 35.9 Å². The summed E-state index contributed by atoms with van der Waals surface area (Å²) in [4.78, 5) is 4.35. The zero-order valence-corrected chi connectivity index (χ0v) is 17.3. The molecule has 1 aromatic rings. The summed E-state index contributed by atoms with van der Waals surface area (Å²) < 4.78 is 5.59. The number of benzene rings is 1. The normalized spacial score (nSPS) is 16.5. The molecule has 0 amide bonds. The first-order valence-electron chi connectivity index (χ1n) is 8.84. The minimum Gasteiger partial charge on any atom is -0.382 e. The third-order valence-electron chi connectivity index (χ3n) is 4.80. The fourth-order valence-electron chi connectivity index (χ4n) is 3.35. The maximum absolute atomic E-state index is 5.59. The van der Waals surface area contributed by atoms with Crippen molar-refractivity contribution in [2.45, 2.75) is 45.6 Å². The Balaban J connectivity index is 0.00000288. The second-order valence-corrected chi connectivity index (χ2v) is 6.42. The molecule has 5 heteroatoms. The van der Waals surface area contributed by atoms with Crippen LogP contribution in [0, 0.1) is 5.41 Å². The molecular formula is C19H32IN3O. The molecule has 0 aliphatic heterocycles. The van der Waals surface area contributed by atoms with Crippen molar-refractivity contribution in [2.75, 3.05) is 26.8 Å². The zero-order chi connectivity index (χ0) is 16.4. The molecule has 1 fully saturated rings. The highest BCUT2D eigenvalue weighted by Gasteiger charge is 2.33. The lowest BCUT2D eigenvalue weighted by molar-refractivity contribution is 0.105. The molecule has 2 rings (SSSR count). The fourth-order valence-corrected chi connectivity index (χ4v) is 3.35. The lowest BCUT2D eigenvalue weighted by Crippen LogP contribution is -2.43. The van der Waals surface area contributed by atoms with Crippen LogP contribution in [0.15, 0.2) is 35.3 Å². The predicted octanol–water partition coefficient (Wildman–Crippen LogP) is 3.96. The van der Waals surface area contributed by atoms with Gasteiger partial charge in [-0.1, -0.05) is 43.2 Å². The molecule has 1 aliphatic rings. The molecule has 0 saturated heterocycles. The molecule has 24 heavy (non-hydrogen) atoms. The Hall–Kier alpha value is -0.820. The Labute approximate surface area is 163 Å². The summed E-state index contributed by atoms with van der Waals surface area (Å²) in [6.07, 6.45) is 6.41. The Morgan fingerprint density at radius 2 is 1.88 bits per heavy atom. The van der Waals surface area contributed by atoms with Crippen LogP contribution in [0.2, 0.25) is 0 Å². The molecule has 136 valence electrons. The van der Waals surface area contributed by atoms with E-state index >= 15 is 0 Å². The largest absolute Gasteiger partial charge is 0.382 e. The van der Waals surface area contributed by atoms with Crippen LogP contribution in [-0.4, -0.2) is 32.8 Å². The highest BCUT2D eigenvalue weighted by molar-refractivity contribution is 14.0. The lowest BCUT2D eigenvalue weighted by atomic mass is 9.83. The standard InChI is InChI=1S/C19H31N3O.HI/c1-3-23-14-13-19(11-7-8-12-19)16-22-18(20-2)21-15-17-9-5-4-6-10-17;/h4-6,9-10H,3,7-8,11-16H2,1-2H3,(H2,20,21,22);1H. The average Bonchev–Trinajstić information content (AvgIpc) is 3.05. The summed E-state index contributed by atoms with van der Waals surface area (Å²) in [6.45, 7) is 5.52. The minimum absolute atomic E-state index is 0. The Morgan fingerprint density at radius 3 is 2.50 bits per heavy atom. The van der Waals surface area contributed by atoms with Crippen molar-refractivity contribution in [3.8, 4) is 0 Å². The number of ether oxygens (including phenoxy) is 1. The van der Waals surface area contributed by atoms with Crippen LogP contribution in [0.1, 0.15) is 44.6 Å². The topological polar surface area (TPSA) is 45.6 Å². The number of nitrogens with zero attached hydrogens (tertiary/aromatic N) is 1. The maximum Gasteiger partial charge on any atom is 0.191 e. The summed E-state index contributed by atoms with van der Waals surface area (Å²) in [7, 11) is 1.84. The number of aliphatic imine (C=N–C) groups is 1. The van der Waals surface area contributed by atoms with Crippen molar-refractivity contribution in [1.82, 2.24) is 10.6 Å². The van der Waals surface area contributed by atoms with E-state index in [0.29, 0.717) is 5.41 Å². The fraction of sp³-hybridized carbons (Fsp3) is 0.632. The van der Waals surface area contributed by atoms with Gasteiger partial charge in [-0.05, 0) is 37.2 Å². The zero-order valence-electron chi connectivity index (χ0n) is 15.0. The van der Waals surface area contributed by atoms with Gasteiger partial charge in [0.2, 0.25) is 0 Å². The van der Waals surface area contributed by atoms with Gasteiger partial charge in [-0.15, -0.1) is 24.0 Å². The van der Waals surface area contributed by atoms with E-state index in [2.05, 4.69) is 46.8 Å². The molecule has 0 aromatic heterocycles. The highest BCUT2D eigenvalue weighted by atomic mass is 127. The van der Waals surface area contributed by atoms with Gasteiger partial charge in [0.05, 0.1) is 0 Å². The van der Waals surface area contributed by atoms with Crippen LogP contribution >= 0.6 is 24.0 Å². The van der Waals surface area contributed by atoms with Gasteiger partial charge >= 0.3 is 0 Å². The number of nitrogens with one attached hydrogen (secondary N) is 2. The first-order valence-corrected chi connectivity index (χ1v) is 8.84. The van der Waals surface area contributed by atoms with Gasteiger partial charge in [-0.3, -0.25) is 4.99 Å². The summed E-state index contributed by atoms with van der Waals surface area (Å²) in [6, 6.07) is 10.4. The van der Waals surface area contributed by atoms with Crippen molar-refractivity contribution in [3.63, 3.8) is 0 Å². The van der Waals surface area contributed by atoms with E-state index in [4.69, 9.17) is 4.74 Å². The van der Waals surface area contributed by atoms with Crippen LogP contribution in [-0.2, 0) is 11.3 Å². The van der Waals surface area contributed by atoms with Crippen LogP contribution in [0.5, 0.6) is 0 Å². The monoisotopic (exact) mass is 445 g/mol. The van der Waals surface area contributed by atoms with Gasteiger partial charge in [0.1, 0.15) is 0 Å². The van der Waals surface area contributed by atoms with Crippen molar-refractivity contribution in [2.24, 2.45) is 10.4 Å². The SMILES string of the molecule is CCOCCC1(CNC(=NC)NCc2ccccc2)CCCC1.I. The molecule has 0 atom stereocenters. The van der Waals surface area contributed by atoms with Gasteiger partial charge in [0.25, 0.3) is 0 Å². The highest BCUT2D eigenvalue weighted by Crippen LogP contribution is 2.40. The van der Waals surface area contributed by atoms with Crippen molar-refractivity contribution < 1.29 is 4.74 Å². The van der Waals surface area contributed by atoms with Crippen LogP contribution < -0.4 is 10.6 Å². The summed E-state index contributed by atoms with van der Waals surface area (Å²) in [5, 5.41) is 6.93. The molecule has 0 unspecified atom stereocenters. The molecule has 0 radical (unpaired) electrons. The number of guanidine groups is 1. The van der Waals surface area contributed by atoms with Gasteiger partial charge in [-0.2, -0.15) is 0 Å². The summed E-state index contributed by atoms with van der Waals surface area (Å²) in [5.41, 5.74) is 1.64. The number of halogens is 1. The van der Waals surface area contributed by atoms with E-state index in [1.807, 2.05) is 13.1 Å². The molecule has 0 heterocycles. The third kappa shape index (κ3) is 6.97. The molecular weight excluding hydrogens is 413 g/mol. The molecule has 4 nitrogen and oxygen atoms in total. The van der Waals surface area contributed by atoms with E-state index < -0.39 is 0 Å². The Morgan fingerprint density at radius 1 is 1.17 bits per heavy atom. The van der Waals surface area contributed by atoms with Crippen LogP contribution in [0.3, 0.4) is 0 Å². The van der Waals surface area contributed by atoms with E-state index in [0.717, 1.165) is 38.7 Å². The second-order valence-electron chi connectivity index (χ2n) is 6.42. The van der Waals surface area contributed by atoms with E-state index in [9.17, 15) is 0 Å². The Bertz CT molecular complexity index is 473. The molecule has 0 bridgehead atoms. The van der Waals surface area contributed by atoms with Crippen LogP contribution in [0.4, 0.5) is 0 Å². The third-order valence-corrected chi connectivity index (χ3v) is 4.80. The molecule has 0 spiro atoms. The average molecular weight is 445 g/mol. The predicted molar refractivity (Wildman–Crippen MR) is 112 cm³/mol. The molecule has 2 N–H and O–H groups in total. The quantitative estimate of drug-likeness (QED) is 0.276. The van der Waals surface area contributed by atoms with Gasteiger partial charge in [0.15, 0.2) is 5.96 Å². The lowest BCUT2D eigenvalue weighted by Gasteiger charge is -2.30. The van der Waals surface area contributed by atoms with E-state index in [1.165, 1.54) is 31.2 Å². The van der Waals surface area contributed by atoms with Crippen molar-refractivity contribution in [1.29, 1.82) is 0 Å². The van der Waals surface area contributed by atoms with Gasteiger partial charge < -0.3 is 15.4 Å². The van der Waals surface area contributed by atoms with Crippen molar-refractivity contribution >= 4 is 29.9 Å². The first-order chi connectivity index (χ1) is 11.3. The minimum atomic E-state index is 0. The van der Waals surface area contributed by atoms with Gasteiger partial charge in [-0.25, -0.2) is 0 Å². The van der Waals surface area contributed by atoms with E-state index in [1.54, 1.807) is 0 Å². The first kappa shape index (κ1) is 21.2. The summed E-state index contributed by atoms with van der Waals surface area (Å²) in [5.74, 6) is 0.886. The smallest absolute Gasteiger partial charge is 0.191 e. The Kier molecular flexibility index (Phi) is 10.3. The molecule has 1 aromatic carbocycles. The number of hydrogen-bond acceptors (Lipinski definition) is 2.